The fourth-order valence-electron chi connectivity index (χ4n) is 2.21. The van der Waals surface area contributed by atoms with E-state index >= 15 is 0 Å². The Bertz CT molecular complexity index is 791. The molecule has 1 N–H and O–H groups in total. The lowest BCUT2D eigenvalue weighted by molar-refractivity contribution is 0.823. The molecule has 0 aliphatic rings. The van der Waals surface area contributed by atoms with Crippen LogP contribution in [0.15, 0.2) is 24.3 Å². The molecule has 0 fully saturated rings. The Hall–Kier alpha value is -1.10. The molecule has 3 aromatic rings. The highest BCUT2D eigenvalue weighted by atomic mass is 35.5. The predicted octanol–water partition coefficient (Wildman–Crippen LogP) is 5.08. The van der Waals surface area contributed by atoms with Gasteiger partial charge >= 0.3 is 0 Å². The second-order valence-electron chi connectivity index (χ2n) is 4.60. The molecule has 3 rings (SSSR count). The van der Waals surface area contributed by atoms with Crippen LogP contribution in [0.2, 0.25) is 5.02 Å². The molecule has 0 saturated heterocycles. The molecule has 98 valence electrons. The Morgan fingerprint density at radius 2 is 2.16 bits per heavy atom. The smallest absolute Gasteiger partial charge is 0.178 e. The van der Waals surface area contributed by atoms with E-state index in [-0.39, 0.29) is 0 Å². The molecule has 0 unspecified atom stereocenters. The van der Waals surface area contributed by atoms with E-state index in [1.165, 1.54) is 15.3 Å². The van der Waals surface area contributed by atoms with Crippen LogP contribution in [0.1, 0.15) is 15.3 Å². The molecule has 0 aliphatic heterocycles. The highest BCUT2D eigenvalue weighted by molar-refractivity contribution is 7.71. The minimum Gasteiger partial charge on any atom is -0.331 e. The maximum atomic E-state index is 6.29. The molecule has 0 radical (unpaired) electrons. The molecule has 0 aliphatic carbocycles. The van der Waals surface area contributed by atoms with Crippen molar-refractivity contribution in [2.24, 2.45) is 0 Å². The average molecular weight is 309 g/mol. The first-order valence-electron chi connectivity index (χ1n) is 5.99. The van der Waals surface area contributed by atoms with E-state index in [1.807, 2.05) is 29.5 Å². The van der Waals surface area contributed by atoms with E-state index in [9.17, 15) is 0 Å². The third kappa shape index (κ3) is 2.24. The van der Waals surface area contributed by atoms with Crippen molar-refractivity contribution in [1.29, 1.82) is 0 Å². The highest BCUT2D eigenvalue weighted by Crippen LogP contribution is 2.27. The van der Waals surface area contributed by atoms with Crippen LogP contribution in [0.4, 0.5) is 0 Å². The van der Waals surface area contributed by atoms with Crippen LogP contribution in [0, 0.1) is 18.6 Å². The van der Waals surface area contributed by atoms with E-state index in [4.69, 9.17) is 23.8 Å². The van der Waals surface area contributed by atoms with E-state index in [2.05, 4.69) is 29.5 Å². The quantitative estimate of drug-likeness (QED) is 0.655. The Labute approximate surface area is 125 Å². The largest absolute Gasteiger partial charge is 0.331 e. The first kappa shape index (κ1) is 12.9. The molecule has 0 bridgehead atoms. The van der Waals surface area contributed by atoms with Crippen molar-refractivity contribution in [3.63, 3.8) is 0 Å². The van der Waals surface area contributed by atoms with Crippen molar-refractivity contribution in [3.8, 4) is 0 Å². The molecular weight excluding hydrogens is 296 g/mol. The van der Waals surface area contributed by atoms with Crippen LogP contribution < -0.4 is 0 Å². The fraction of sp³-hybridized carbons (Fsp3) is 0.214. The van der Waals surface area contributed by atoms with E-state index in [0.717, 1.165) is 22.6 Å². The number of hydrogen-bond acceptors (Lipinski definition) is 2. The van der Waals surface area contributed by atoms with Gasteiger partial charge < -0.3 is 9.55 Å². The molecule has 2 nitrogen and oxygen atoms in total. The average Bonchev–Trinajstić information content (AvgIpc) is 2.82. The molecule has 5 heteroatoms. The number of benzene rings is 1. The summed E-state index contributed by atoms with van der Waals surface area (Å²) in [6.45, 7) is 5.05. The summed E-state index contributed by atoms with van der Waals surface area (Å²) in [5, 5.41) is 0.731. The minimum absolute atomic E-state index is 0.715. The Kier molecular flexibility index (Phi) is 3.25. The predicted molar refractivity (Wildman–Crippen MR) is 85.0 cm³/mol. The Morgan fingerprint density at radius 1 is 1.37 bits per heavy atom. The lowest BCUT2D eigenvalue weighted by atomic mass is 10.3. The number of nitrogens with one attached hydrogen (secondary N) is 1. The van der Waals surface area contributed by atoms with Gasteiger partial charge in [-0.15, -0.1) is 11.3 Å². The monoisotopic (exact) mass is 308 g/mol. The first-order valence-corrected chi connectivity index (χ1v) is 7.59. The van der Waals surface area contributed by atoms with Gasteiger partial charge in [0.15, 0.2) is 4.77 Å². The van der Waals surface area contributed by atoms with Crippen LogP contribution in [0.5, 0.6) is 0 Å². The van der Waals surface area contributed by atoms with Gasteiger partial charge in [-0.1, -0.05) is 17.7 Å². The van der Waals surface area contributed by atoms with Gasteiger partial charge in [-0.05, 0) is 49.8 Å². The number of aryl methyl sites for hydroxylation is 2. The lowest BCUT2D eigenvalue weighted by Crippen LogP contribution is -1.98. The Balaban J connectivity index is 2.15. The first-order chi connectivity index (χ1) is 9.06. The normalized spacial score (nSPS) is 11.3. The Morgan fingerprint density at radius 3 is 2.84 bits per heavy atom. The number of aromatic nitrogens is 2. The van der Waals surface area contributed by atoms with Gasteiger partial charge in [0, 0.05) is 9.75 Å². The highest BCUT2D eigenvalue weighted by Gasteiger charge is 2.10. The van der Waals surface area contributed by atoms with Crippen LogP contribution in [-0.4, -0.2) is 9.55 Å². The lowest BCUT2D eigenvalue weighted by Gasteiger charge is -2.03. The number of aromatic amines is 1. The number of H-pyrrole nitrogens is 1. The molecular formula is C14H13ClN2S2. The van der Waals surface area contributed by atoms with Crippen LogP contribution in [-0.2, 0) is 6.54 Å². The molecule has 0 atom stereocenters. The van der Waals surface area contributed by atoms with Gasteiger partial charge in [0.05, 0.1) is 22.6 Å². The summed E-state index contributed by atoms with van der Waals surface area (Å²) in [7, 11) is 0. The van der Waals surface area contributed by atoms with Crippen molar-refractivity contribution in [2.75, 3.05) is 0 Å². The topological polar surface area (TPSA) is 20.7 Å². The van der Waals surface area contributed by atoms with Gasteiger partial charge in [-0.25, -0.2) is 0 Å². The zero-order valence-corrected chi connectivity index (χ0v) is 13.0. The van der Waals surface area contributed by atoms with Gasteiger partial charge in [0.25, 0.3) is 0 Å². The molecule has 19 heavy (non-hydrogen) atoms. The zero-order valence-electron chi connectivity index (χ0n) is 10.7. The minimum atomic E-state index is 0.715. The summed E-state index contributed by atoms with van der Waals surface area (Å²) in [6.07, 6.45) is 0. The van der Waals surface area contributed by atoms with Crippen LogP contribution >= 0.6 is 35.2 Å². The number of rotatable bonds is 2. The van der Waals surface area contributed by atoms with Crippen LogP contribution in [0.3, 0.4) is 0 Å². The van der Waals surface area contributed by atoms with Crippen LogP contribution in [0.25, 0.3) is 11.0 Å². The third-order valence-corrected chi connectivity index (χ3v) is 5.04. The second kappa shape index (κ2) is 4.78. The van der Waals surface area contributed by atoms with Gasteiger partial charge in [-0.2, -0.15) is 0 Å². The van der Waals surface area contributed by atoms with Crippen molar-refractivity contribution >= 4 is 46.2 Å². The molecule has 0 amide bonds. The summed E-state index contributed by atoms with van der Waals surface area (Å²) in [5.74, 6) is 0. The summed E-state index contributed by atoms with van der Waals surface area (Å²) >= 11 is 13.5. The molecule has 2 heterocycles. The summed E-state index contributed by atoms with van der Waals surface area (Å²) < 4.78 is 2.78. The summed E-state index contributed by atoms with van der Waals surface area (Å²) in [4.78, 5) is 5.86. The SMILES string of the molecule is Cc1cc(Cn2c(=S)[nH]c3cccc(Cl)c32)sc1C. The van der Waals surface area contributed by atoms with Crippen molar-refractivity contribution in [3.05, 3.63) is 49.4 Å². The number of para-hydroxylation sites is 1. The summed E-state index contributed by atoms with van der Waals surface area (Å²) in [6, 6.07) is 8.05. The number of hydrogen-bond donors (Lipinski definition) is 1. The standard InChI is InChI=1S/C14H13ClN2S2/c1-8-6-10(19-9(8)2)7-17-13-11(15)4-3-5-12(13)16-14(17)18/h3-6H,7H2,1-2H3,(H,16,18). The molecule has 2 aromatic heterocycles. The van der Waals surface area contributed by atoms with E-state index in [1.54, 1.807) is 0 Å². The molecule has 0 saturated carbocycles. The fourth-order valence-corrected chi connectivity index (χ4v) is 3.79. The maximum absolute atomic E-state index is 6.29. The number of halogens is 1. The number of imidazole rings is 1. The maximum Gasteiger partial charge on any atom is 0.178 e. The number of nitrogens with zero attached hydrogens (tertiary/aromatic N) is 1. The van der Waals surface area contributed by atoms with E-state index in [0.29, 0.717) is 4.77 Å². The van der Waals surface area contributed by atoms with Crippen molar-refractivity contribution in [2.45, 2.75) is 20.4 Å². The summed E-state index contributed by atoms with van der Waals surface area (Å²) in [5.41, 5.74) is 3.30. The van der Waals surface area contributed by atoms with Gasteiger partial charge in [-0.3, -0.25) is 0 Å². The van der Waals surface area contributed by atoms with Gasteiger partial charge in [0.1, 0.15) is 0 Å². The second-order valence-corrected chi connectivity index (χ2v) is 6.74. The molecule has 0 spiro atoms. The zero-order chi connectivity index (χ0) is 13.6. The molecule has 1 aromatic carbocycles. The van der Waals surface area contributed by atoms with Crippen molar-refractivity contribution in [1.82, 2.24) is 9.55 Å². The van der Waals surface area contributed by atoms with E-state index < -0.39 is 0 Å². The van der Waals surface area contributed by atoms with Crippen molar-refractivity contribution < 1.29 is 0 Å². The number of thiophene rings is 1. The number of fused-ring (bicyclic) bond motifs is 1. The third-order valence-electron chi connectivity index (χ3n) is 3.27. The van der Waals surface area contributed by atoms with Gasteiger partial charge in [0.2, 0.25) is 0 Å².